The first-order chi connectivity index (χ1) is 12.0. The van der Waals surface area contributed by atoms with E-state index in [0.717, 1.165) is 12.0 Å². The van der Waals surface area contributed by atoms with E-state index in [4.69, 9.17) is 5.73 Å². The monoisotopic (exact) mass is 375 g/mol. The van der Waals surface area contributed by atoms with E-state index < -0.39 is 0 Å². The predicted molar refractivity (Wildman–Crippen MR) is 107 cm³/mol. The van der Waals surface area contributed by atoms with E-state index in [1.165, 1.54) is 0 Å². The van der Waals surface area contributed by atoms with E-state index in [0.29, 0.717) is 17.8 Å². The molecule has 2 atom stereocenters. The molecular formula is C20H26ClN3O2. The third-order valence-electron chi connectivity index (χ3n) is 4.09. The second-order valence-corrected chi connectivity index (χ2v) is 6.05. The lowest BCUT2D eigenvalue weighted by atomic mass is 9.94. The van der Waals surface area contributed by atoms with Gasteiger partial charge in [0.25, 0.3) is 5.91 Å². The van der Waals surface area contributed by atoms with Crippen molar-refractivity contribution in [3.8, 4) is 0 Å². The van der Waals surface area contributed by atoms with Gasteiger partial charge in [0, 0.05) is 23.8 Å². The normalized spacial score (nSPS) is 12.4. The predicted octanol–water partition coefficient (Wildman–Crippen LogP) is 3.52. The number of anilines is 1. The molecule has 0 bridgehead atoms. The number of hydrogen-bond acceptors (Lipinski definition) is 3. The largest absolute Gasteiger partial charge is 0.352 e. The molecule has 0 aromatic heterocycles. The zero-order chi connectivity index (χ0) is 18.2. The van der Waals surface area contributed by atoms with Crippen LogP contribution in [-0.4, -0.2) is 18.4 Å². The zero-order valence-electron chi connectivity index (χ0n) is 15.1. The van der Waals surface area contributed by atoms with Crippen LogP contribution in [-0.2, 0) is 4.79 Å². The summed E-state index contributed by atoms with van der Waals surface area (Å²) < 4.78 is 0. The van der Waals surface area contributed by atoms with E-state index in [2.05, 4.69) is 10.6 Å². The lowest BCUT2D eigenvalue weighted by Crippen LogP contribution is -2.30. The minimum Gasteiger partial charge on any atom is -0.352 e. The van der Waals surface area contributed by atoms with Crippen LogP contribution in [0.3, 0.4) is 0 Å². The molecule has 0 fully saturated rings. The van der Waals surface area contributed by atoms with Crippen molar-refractivity contribution < 1.29 is 9.59 Å². The fourth-order valence-electron chi connectivity index (χ4n) is 2.43. The molecule has 0 aliphatic carbocycles. The number of benzene rings is 2. The van der Waals surface area contributed by atoms with E-state index in [9.17, 15) is 9.59 Å². The Kier molecular flexibility index (Phi) is 8.82. The average molecular weight is 376 g/mol. The van der Waals surface area contributed by atoms with Crippen LogP contribution in [0.4, 0.5) is 5.69 Å². The molecule has 2 rings (SSSR count). The van der Waals surface area contributed by atoms with Gasteiger partial charge in [-0.3, -0.25) is 9.59 Å². The second-order valence-electron chi connectivity index (χ2n) is 6.05. The molecule has 0 saturated carbocycles. The molecule has 26 heavy (non-hydrogen) atoms. The van der Waals surface area contributed by atoms with Crippen LogP contribution in [0.15, 0.2) is 54.6 Å². The van der Waals surface area contributed by atoms with Crippen LogP contribution in [0.25, 0.3) is 0 Å². The summed E-state index contributed by atoms with van der Waals surface area (Å²) >= 11 is 0. The Morgan fingerprint density at radius 2 is 1.65 bits per heavy atom. The highest BCUT2D eigenvalue weighted by Crippen LogP contribution is 2.21. The lowest BCUT2D eigenvalue weighted by Gasteiger charge is -2.20. The zero-order valence-corrected chi connectivity index (χ0v) is 15.9. The fraction of sp³-hybridized carbons (Fsp3) is 0.300. The lowest BCUT2D eigenvalue weighted by molar-refractivity contribution is -0.120. The quantitative estimate of drug-likeness (QED) is 0.692. The summed E-state index contributed by atoms with van der Waals surface area (Å²) in [7, 11) is 0. The molecule has 4 N–H and O–H groups in total. The molecule has 5 nitrogen and oxygen atoms in total. The van der Waals surface area contributed by atoms with Crippen LogP contribution >= 0.6 is 12.4 Å². The Hall–Kier alpha value is -2.37. The summed E-state index contributed by atoms with van der Waals surface area (Å²) in [6.45, 7) is 4.45. The van der Waals surface area contributed by atoms with Crippen molar-refractivity contribution in [2.45, 2.75) is 26.3 Å². The van der Waals surface area contributed by atoms with Crippen molar-refractivity contribution in [2.24, 2.45) is 11.7 Å². The maximum atomic E-state index is 12.4. The van der Waals surface area contributed by atoms with Crippen LogP contribution in [0, 0.1) is 5.92 Å². The van der Waals surface area contributed by atoms with Crippen molar-refractivity contribution >= 4 is 29.9 Å². The van der Waals surface area contributed by atoms with Crippen molar-refractivity contribution in [2.75, 3.05) is 11.9 Å². The summed E-state index contributed by atoms with van der Waals surface area (Å²) in [5.74, 6) is -0.645. The molecule has 2 amide bonds. The van der Waals surface area contributed by atoms with Crippen LogP contribution < -0.4 is 16.4 Å². The molecule has 2 unspecified atom stereocenters. The highest BCUT2D eigenvalue weighted by molar-refractivity contribution is 5.96. The smallest absolute Gasteiger partial charge is 0.251 e. The number of carbonyl (C=O) groups excluding carboxylic acids is 2. The molecule has 2 aromatic rings. The Morgan fingerprint density at radius 1 is 1.04 bits per heavy atom. The standard InChI is InChI=1S/C20H25N3O2.ClH/c1-3-13-22-20(25)16-9-11-17(12-10-16)23-19(24)14(2)18(21)15-7-5-4-6-8-15;/h4-12,14,18H,3,13,21H2,1-2H3,(H,22,25)(H,23,24);1H. The summed E-state index contributed by atoms with van der Waals surface area (Å²) in [4.78, 5) is 24.3. The third-order valence-corrected chi connectivity index (χ3v) is 4.09. The number of amides is 2. The van der Waals surface area contributed by atoms with Gasteiger partial charge in [0.15, 0.2) is 0 Å². The number of nitrogens with one attached hydrogen (secondary N) is 2. The van der Waals surface area contributed by atoms with Gasteiger partial charge in [-0.2, -0.15) is 0 Å². The summed E-state index contributed by atoms with van der Waals surface area (Å²) in [5.41, 5.74) is 8.33. The van der Waals surface area contributed by atoms with Gasteiger partial charge in [0.2, 0.25) is 5.91 Å². The van der Waals surface area contributed by atoms with E-state index >= 15 is 0 Å². The first-order valence-electron chi connectivity index (χ1n) is 8.52. The average Bonchev–Trinajstić information content (AvgIpc) is 2.66. The van der Waals surface area contributed by atoms with Gasteiger partial charge in [-0.25, -0.2) is 0 Å². The Bertz CT molecular complexity index is 705. The molecule has 6 heteroatoms. The Morgan fingerprint density at radius 3 is 2.23 bits per heavy atom. The minimum absolute atomic E-state index is 0. The topological polar surface area (TPSA) is 84.2 Å². The van der Waals surface area contributed by atoms with Crippen molar-refractivity contribution in [1.82, 2.24) is 5.32 Å². The van der Waals surface area contributed by atoms with Crippen molar-refractivity contribution in [3.05, 3.63) is 65.7 Å². The van der Waals surface area contributed by atoms with Gasteiger partial charge in [0.1, 0.15) is 0 Å². The van der Waals surface area contributed by atoms with Gasteiger partial charge in [-0.1, -0.05) is 44.2 Å². The van der Waals surface area contributed by atoms with Crippen LogP contribution in [0.1, 0.15) is 42.2 Å². The fourth-order valence-corrected chi connectivity index (χ4v) is 2.43. The molecule has 0 saturated heterocycles. The van der Waals surface area contributed by atoms with Gasteiger partial charge < -0.3 is 16.4 Å². The first-order valence-corrected chi connectivity index (χ1v) is 8.52. The molecular weight excluding hydrogens is 350 g/mol. The maximum absolute atomic E-state index is 12.4. The highest BCUT2D eigenvalue weighted by atomic mass is 35.5. The third kappa shape index (κ3) is 5.86. The Balaban J connectivity index is 0.00000338. The van der Waals surface area contributed by atoms with Gasteiger partial charge in [-0.05, 0) is 36.2 Å². The minimum atomic E-state index is -0.380. The molecule has 2 aromatic carbocycles. The van der Waals surface area contributed by atoms with E-state index in [1.807, 2.05) is 37.3 Å². The number of halogens is 1. The number of rotatable bonds is 7. The number of carbonyl (C=O) groups is 2. The van der Waals surface area contributed by atoms with Crippen LogP contribution in [0.5, 0.6) is 0 Å². The molecule has 0 radical (unpaired) electrons. The van der Waals surface area contributed by atoms with Gasteiger partial charge >= 0.3 is 0 Å². The van der Waals surface area contributed by atoms with Crippen molar-refractivity contribution in [3.63, 3.8) is 0 Å². The van der Waals surface area contributed by atoms with E-state index in [-0.39, 0.29) is 36.2 Å². The molecule has 0 aliphatic heterocycles. The highest BCUT2D eigenvalue weighted by Gasteiger charge is 2.22. The first kappa shape index (κ1) is 21.7. The molecule has 0 spiro atoms. The van der Waals surface area contributed by atoms with Gasteiger partial charge in [0.05, 0.1) is 5.92 Å². The van der Waals surface area contributed by atoms with Gasteiger partial charge in [-0.15, -0.1) is 12.4 Å². The maximum Gasteiger partial charge on any atom is 0.251 e. The number of hydrogen-bond donors (Lipinski definition) is 3. The van der Waals surface area contributed by atoms with E-state index in [1.54, 1.807) is 31.2 Å². The summed E-state index contributed by atoms with van der Waals surface area (Å²) in [5, 5.41) is 5.67. The molecule has 140 valence electrons. The Labute approximate surface area is 160 Å². The molecule has 0 heterocycles. The SMILES string of the molecule is CCCNC(=O)c1ccc(NC(=O)C(C)C(N)c2ccccc2)cc1.Cl. The second kappa shape index (κ2) is 10.6. The summed E-state index contributed by atoms with van der Waals surface area (Å²) in [6, 6.07) is 16.0. The number of nitrogens with two attached hydrogens (primary N) is 1. The van der Waals surface area contributed by atoms with Crippen molar-refractivity contribution in [1.29, 1.82) is 0 Å². The van der Waals surface area contributed by atoms with Crippen LogP contribution in [0.2, 0.25) is 0 Å². The summed E-state index contributed by atoms with van der Waals surface area (Å²) in [6.07, 6.45) is 0.888. The molecule has 0 aliphatic rings.